The lowest BCUT2D eigenvalue weighted by Crippen LogP contribution is -1.72. The van der Waals surface area contributed by atoms with Crippen molar-refractivity contribution < 1.29 is 0 Å². The Bertz CT molecular complexity index is 194. The first-order chi connectivity index (χ1) is 4.33. The predicted octanol–water partition coefficient (Wildman–Crippen LogP) is 2.44. The molecule has 0 aliphatic rings. The molecule has 1 aromatic rings. The molecule has 0 N–H and O–H groups in total. The second kappa shape index (κ2) is 2.49. The number of rotatable bonds is 1. The van der Waals surface area contributed by atoms with E-state index < -0.39 is 0 Å². The molecule has 0 fully saturated rings. The summed E-state index contributed by atoms with van der Waals surface area (Å²) in [5.41, 5.74) is 2.29. The third-order valence-corrected chi connectivity index (χ3v) is 1.23. The summed E-state index contributed by atoms with van der Waals surface area (Å²) >= 11 is 0. The SMILES string of the molecule is C=Cc1c[c]c(C)cc1. The van der Waals surface area contributed by atoms with E-state index >= 15 is 0 Å². The first-order valence-corrected chi connectivity index (χ1v) is 2.93. The predicted molar refractivity (Wildman–Crippen MR) is 40.1 cm³/mol. The van der Waals surface area contributed by atoms with Crippen molar-refractivity contribution in [2.24, 2.45) is 0 Å². The van der Waals surface area contributed by atoms with Gasteiger partial charge in [-0.2, -0.15) is 0 Å². The normalized spacial score (nSPS) is 9.00. The average Bonchev–Trinajstić information content (AvgIpc) is 1.90. The third kappa shape index (κ3) is 1.43. The highest BCUT2D eigenvalue weighted by molar-refractivity contribution is 5.46. The molecule has 0 unspecified atom stereocenters. The Morgan fingerprint density at radius 2 is 2.33 bits per heavy atom. The topological polar surface area (TPSA) is 0 Å². The van der Waals surface area contributed by atoms with E-state index in [9.17, 15) is 0 Å². The summed E-state index contributed by atoms with van der Waals surface area (Å²) in [6.45, 7) is 5.66. The zero-order valence-electron chi connectivity index (χ0n) is 5.52. The first-order valence-electron chi connectivity index (χ1n) is 2.93. The van der Waals surface area contributed by atoms with Gasteiger partial charge in [-0.15, -0.1) is 0 Å². The summed E-state index contributed by atoms with van der Waals surface area (Å²) in [6.07, 6.45) is 1.82. The van der Waals surface area contributed by atoms with Crippen LogP contribution in [0.25, 0.3) is 6.08 Å². The molecule has 0 bridgehead atoms. The van der Waals surface area contributed by atoms with Gasteiger partial charge >= 0.3 is 0 Å². The molecular weight excluding hydrogens is 108 g/mol. The van der Waals surface area contributed by atoms with Gasteiger partial charge in [-0.05, 0) is 30.2 Å². The maximum absolute atomic E-state index is 3.64. The quantitative estimate of drug-likeness (QED) is 0.530. The minimum absolute atomic E-state index is 1.13. The minimum Gasteiger partial charge on any atom is -0.0985 e. The van der Waals surface area contributed by atoms with E-state index in [0.717, 1.165) is 5.56 Å². The van der Waals surface area contributed by atoms with Gasteiger partial charge in [-0.1, -0.05) is 24.8 Å². The van der Waals surface area contributed by atoms with Crippen LogP contribution in [0, 0.1) is 13.0 Å². The molecule has 0 amide bonds. The Morgan fingerprint density at radius 3 is 2.78 bits per heavy atom. The first kappa shape index (κ1) is 6.09. The number of hydrogen-bond donors (Lipinski definition) is 0. The average molecular weight is 117 g/mol. The Balaban J connectivity index is 3.01. The van der Waals surface area contributed by atoms with Crippen molar-refractivity contribution in [3.8, 4) is 0 Å². The summed E-state index contributed by atoms with van der Waals surface area (Å²) in [7, 11) is 0. The van der Waals surface area contributed by atoms with Gasteiger partial charge in [0.1, 0.15) is 0 Å². The lowest BCUT2D eigenvalue weighted by molar-refractivity contribution is 1.45. The highest BCUT2D eigenvalue weighted by atomic mass is 13.9. The highest BCUT2D eigenvalue weighted by Crippen LogP contribution is 2.01. The van der Waals surface area contributed by atoms with Crippen molar-refractivity contribution in [3.63, 3.8) is 0 Å². The van der Waals surface area contributed by atoms with Crippen molar-refractivity contribution in [1.82, 2.24) is 0 Å². The molecule has 0 atom stereocenters. The Kier molecular flexibility index (Phi) is 1.69. The lowest BCUT2D eigenvalue weighted by atomic mass is 10.2. The highest BCUT2D eigenvalue weighted by Gasteiger charge is 1.82. The van der Waals surface area contributed by atoms with Crippen LogP contribution in [0.15, 0.2) is 24.8 Å². The molecule has 1 rings (SSSR count). The van der Waals surface area contributed by atoms with Crippen LogP contribution in [-0.2, 0) is 0 Å². The summed E-state index contributed by atoms with van der Waals surface area (Å²) < 4.78 is 0. The van der Waals surface area contributed by atoms with Crippen LogP contribution in [-0.4, -0.2) is 0 Å². The van der Waals surface area contributed by atoms with Gasteiger partial charge in [0.25, 0.3) is 0 Å². The van der Waals surface area contributed by atoms with Crippen molar-refractivity contribution >= 4 is 6.08 Å². The molecule has 1 radical (unpaired) electrons. The third-order valence-electron chi connectivity index (χ3n) is 1.23. The molecule has 0 spiro atoms. The van der Waals surface area contributed by atoms with E-state index in [-0.39, 0.29) is 0 Å². The summed E-state index contributed by atoms with van der Waals surface area (Å²) in [6, 6.07) is 9.06. The van der Waals surface area contributed by atoms with Gasteiger partial charge in [-0.3, -0.25) is 0 Å². The fourth-order valence-corrected chi connectivity index (χ4v) is 0.642. The second-order valence-corrected chi connectivity index (χ2v) is 2.01. The Labute approximate surface area is 55.8 Å². The number of hydrogen-bond acceptors (Lipinski definition) is 0. The van der Waals surface area contributed by atoms with Crippen LogP contribution < -0.4 is 0 Å². The molecule has 0 aliphatic carbocycles. The zero-order valence-corrected chi connectivity index (χ0v) is 5.52. The van der Waals surface area contributed by atoms with Crippen LogP contribution in [0.4, 0.5) is 0 Å². The van der Waals surface area contributed by atoms with Gasteiger partial charge in [0.15, 0.2) is 0 Å². The van der Waals surface area contributed by atoms with Gasteiger partial charge < -0.3 is 0 Å². The zero-order chi connectivity index (χ0) is 6.69. The molecule has 0 saturated heterocycles. The monoisotopic (exact) mass is 117 g/mol. The fourth-order valence-electron chi connectivity index (χ4n) is 0.642. The van der Waals surface area contributed by atoms with Crippen molar-refractivity contribution in [2.75, 3.05) is 0 Å². The van der Waals surface area contributed by atoms with Gasteiger partial charge in [-0.25, -0.2) is 0 Å². The largest absolute Gasteiger partial charge is 0.0985 e. The summed E-state index contributed by atoms with van der Waals surface area (Å²) in [5, 5.41) is 0. The van der Waals surface area contributed by atoms with E-state index in [1.54, 1.807) is 0 Å². The maximum atomic E-state index is 3.64. The van der Waals surface area contributed by atoms with E-state index in [0.29, 0.717) is 0 Å². The molecule has 0 aromatic heterocycles. The Hall–Kier alpha value is -1.04. The van der Waals surface area contributed by atoms with Gasteiger partial charge in [0, 0.05) is 0 Å². The van der Waals surface area contributed by atoms with Gasteiger partial charge in [0.2, 0.25) is 0 Å². The maximum Gasteiger partial charge on any atom is -0.0146 e. The number of aryl methyl sites for hydroxylation is 1. The second-order valence-electron chi connectivity index (χ2n) is 2.01. The van der Waals surface area contributed by atoms with Crippen LogP contribution in [0.2, 0.25) is 0 Å². The minimum atomic E-state index is 1.13. The van der Waals surface area contributed by atoms with Crippen molar-refractivity contribution in [1.29, 1.82) is 0 Å². The molecule has 45 valence electrons. The van der Waals surface area contributed by atoms with Crippen molar-refractivity contribution in [2.45, 2.75) is 6.92 Å². The molecule has 0 heterocycles. The smallest absolute Gasteiger partial charge is 0.0146 e. The molecule has 0 nitrogen and oxygen atoms in total. The molecule has 0 heteroatoms. The van der Waals surface area contributed by atoms with E-state index in [2.05, 4.69) is 12.6 Å². The van der Waals surface area contributed by atoms with E-state index in [1.165, 1.54) is 5.56 Å². The summed E-state index contributed by atoms with van der Waals surface area (Å²) in [5.74, 6) is 0. The van der Waals surface area contributed by atoms with Crippen molar-refractivity contribution in [3.05, 3.63) is 42.0 Å². The van der Waals surface area contributed by atoms with Crippen LogP contribution in [0.1, 0.15) is 11.1 Å². The molecule has 1 aromatic carbocycles. The van der Waals surface area contributed by atoms with Crippen LogP contribution in [0.3, 0.4) is 0 Å². The van der Waals surface area contributed by atoms with Crippen LogP contribution in [0.5, 0.6) is 0 Å². The summed E-state index contributed by atoms with van der Waals surface area (Å²) in [4.78, 5) is 0. The molecule has 0 aliphatic heterocycles. The molecule has 0 saturated carbocycles. The standard InChI is InChI=1S/C9H9/c1-3-9-6-4-8(2)5-7-9/h3-4,6-7H,1H2,2H3. The molecule has 9 heavy (non-hydrogen) atoms. The van der Waals surface area contributed by atoms with Crippen LogP contribution >= 0.6 is 0 Å². The Morgan fingerprint density at radius 1 is 1.56 bits per heavy atom. The lowest BCUT2D eigenvalue weighted by Gasteiger charge is -1.90. The fraction of sp³-hybridized carbons (Fsp3) is 0.111. The van der Waals surface area contributed by atoms with E-state index in [1.807, 2.05) is 31.2 Å². The molecular formula is C9H9. The number of benzene rings is 1. The van der Waals surface area contributed by atoms with Gasteiger partial charge in [0.05, 0.1) is 0 Å². The van der Waals surface area contributed by atoms with E-state index in [4.69, 9.17) is 0 Å².